The van der Waals surface area contributed by atoms with Crippen LogP contribution in [0, 0.1) is 28.4 Å². The molecule has 1 aliphatic heterocycles. The van der Waals surface area contributed by atoms with E-state index < -0.39 is 16.7 Å². The second kappa shape index (κ2) is 9.00. The van der Waals surface area contributed by atoms with Crippen molar-refractivity contribution in [2.24, 2.45) is 0 Å². The third-order valence-corrected chi connectivity index (χ3v) is 5.54. The average molecular weight is 453 g/mol. The summed E-state index contributed by atoms with van der Waals surface area (Å²) in [6.45, 7) is 3.52. The molecule has 2 aromatic carbocycles. The molecule has 0 aliphatic carbocycles. The third kappa shape index (κ3) is 4.27. The summed E-state index contributed by atoms with van der Waals surface area (Å²) in [6, 6.07) is 18.6. The van der Waals surface area contributed by atoms with Crippen LogP contribution >= 0.6 is 0 Å². The van der Waals surface area contributed by atoms with Crippen molar-refractivity contribution in [3.05, 3.63) is 104 Å². The molecule has 8 nitrogen and oxygen atoms in total. The van der Waals surface area contributed by atoms with Gasteiger partial charge in [-0.1, -0.05) is 42.0 Å². The van der Waals surface area contributed by atoms with Crippen LogP contribution in [0.25, 0.3) is 17.4 Å². The van der Waals surface area contributed by atoms with Crippen LogP contribution in [-0.2, 0) is 16.1 Å². The maximum Gasteiger partial charge on any atom is 0.271 e. The van der Waals surface area contributed by atoms with Gasteiger partial charge in [0, 0.05) is 23.3 Å². The minimum Gasteiger partial charge on any atom is -0.457 e. The second-order valence-electron chi connectivity index (χ2n) is 7.86. The van der Waals surface area contributed by atoms with Gasteiger partial charge >= 0.3 is 0 Å². The van der Waals surface area contributed by atoms with Crippen LogP contribution in [-0.4, -0.2) is 21.6 Å². The van der Waals surface area contributed by atoms with E-state index >= 15 is 0 Å². The lowest BCUT2D eigenvalue weighted by Gasteiger charge is -2.27. The summed E-state index contributed by atoms with van der Waals surface area (Å²) in [5, 5.41) is 20.6. The van der Waals surface area contributed by atoms with Gasteiger partial charge in [0.15, 0.2) is 0 Å². The average Bonchev–Trinajstić information content (AvgIpc) is 3.30. The van der Waals surface area contributed by atoms with Crippen LogP contribution in [0.1, 0.15) is 23.8 Å². The fraction of sp³-hybridized carbons (Fsp3) is 0.115. The van der Waals surface area contributed by atoms with E-state index in [-0.39, 0.29) is 29.0 Å². The summed E-state index contributed by atoms with van der Waals surface area (Å²) < 4.78 is 5.81. The van der Waals surface area contributed by atoms with Crippen molar-refractivity contribution >= 4 is 23.6 Å². The maximum atomic E-state index is 13.3. The summed E-state index contributed by atoms with van der Waals surface area (Å²) in [4.78, 5) is 37.7. The highest BCUT2D eigenvalue weighted by molar-refractivity contribution is 6.19. The Morgan fingerprint density at radius 1 is 1.06 bits per heavy atom. The number of imide groups is 1. The Balaban J connectivity index is 1.70. The summed E-state index contributed by atoms with van der Waals surface area (Å²) in [6.07, 6.45) is 1.48. The van der Waals surface area contributed by atoms with Gasteiger partial charge in [0.05, 0.1) is 11.5 Å². The van der Waals surface area contributed by atoms with Crippen LogP contribution < -0.4 is 0 Å². The minimum atomic E-state index is -0.639. The van der Waals surface area contributed by atoms with E-state index in [0.717, 1.165) is 16.0 Å². The topological polar surface area (TPSA) is 117 Å². The first kappa shape index (κ1) is 22.4. The lowest BCUT2D eigenvalue weighted by Crippen LogP contribution is -2.42. The number of nitro benzene ring substituents is 1. The predicted octanol–water partition coefficient (Wildman–Crippen LogP) is 4.96. The molecule has 2 amide bonds. The first-order valence-electron chi connectivity index (χ1n) is 10.4. The van der Waals surface area contributed by atoms with Crippen LogP contribution in [0.4, 0.5) is 5.69 Å². The van der Waals surface area contributed by atoms with Gasteiger partial charge in [0.2, 0.25) is 0 Å². The third-order valence-electron chi connectivity index (χ3n) is 5.54. The Labute approximate surface area is 195 Å². The number of amides is 2. The smallest absolute Gasteiger partial charge is 0.271 e. The molecule has 0 saturated carbocycles. The molecular weight excluding hydrogens is 434 g/mol. The van der Waals surface area contributed by atoms with Crippen molar-refractivity contribution in [2.45, 2.75) is 20.4 Å². The van der Waals surface area contributed by atoms with Crippen molar-refractivity contribution < 1.29 is 18.9 Å². The first-order valence-corrected chi connectivity index (χ1v) is 10.4. The largest absolute Gasteiger partial charge is 0.457 e. The number of hydrogen-bond acceptors (Lipinski definition) is 6. The van der Waals surface area contributed by atoms with E-state index in [1.807, 2.05) is 37.3 Å². The molecule has 34 heavy (non-hydrogen) atoms. The van der Waals surface area contributed by atoms with Gasteiger partial charge in [-0.25, -0.2) is 0 Å². The monoisotopic (exact) mass is 453 g/mol. The molecule has 0 bridgehead atoms. The SMILES string of the molecule is CC1=C(C#N)C(=O)N(Cc2ccc(C)cc2)C(=O)/C1=C/c1ccc(-c2cccc([N+](=O)[O-])c2)o1. The highest BCUT2D eigenvalue weighted by Gasteiger charge is 2.35. The van der Waals surface area contributed by atoms with Gasteiger partial charge in [0.25, 0.3) is 17.5 Å². The van der Waals surface area contributed by atoms with Crippen molar-refractivity contribution in [2.75, 3.05) is 0 Å². The zero-order valence-electron chi connectivity index (χ0n) is 18.4. The van der Waals surface area contributed by atoms with Crippen LogP contribution in [0.2, 0.25) is 0 Å². The molecule has 0 radical (unpaired) electrons. The number of carbonyl (C=O) groups is 2. The normalized spacial score (nSPS) is 15.1. The van der Waals surface area contributed by atoms with E-state index in [1.165, 1.54) is 18.2 Å². The number of nitrogens with zero attached hydrogens (tertiary/aromatic N) is 3. The molecule has 0 spiro atoms. The summed E-state index contributed by atoms with van der Waals surface area (Å²) in [5.41, 5.74) is 2.58. The Kier molecular flexibility index (Phi) is 5.94. The van der Waals surface area contributed by atoms with Gasteiger partial charge in [0.1, 0.15) is 23.2 Å². The predicted molar refractivity (Wildman–Crippen MR) is 124 cm³/mol. The Morgan fingerprint density at radius 3 is 2.47 bits per heavy atom. The van der Waals surface area contributed by atoms with E-state index in [2.05, 4.69) is 0 Å². The molecule has 1 aromatic heterocycles. The molecule has 0 fully saturated rings. The molecule has 0 N–H and O–H groups in total. The molecule has 2 heterocycles. The molecule has 0 unspecified atom stereocenters. The highest BCUT2D eigenvalue weighted by Crippen LogP contribution is 2.31. The van der Waals surface area contributed by atoms with E-state index in [1.54, 1.807) is 31.2 Å². The van der Waals surface area contributed by atoms with E-state index in [4.69, 9.17) is 4.42 Å². The fourth-order valence-corrected chi connectivity index (χ4v) is 3.65. The fourth-order valence-electron chi connectivity index (χ4n) is 3.65. The van der Waals surface area contributed by atoms with Gasteiger partial charge in [-0.05, 0) is 43.2 Å². The van der Waals surface area contributed by atoms with Crippen LogP contribution in [0.3, 0.4) is 0 Å². The molecule has 0 saturated heterocycles. The summed E-state index contributed by atoms with van der Waals surface area (Å²) >= 11 is 0. The number of aryl methyl sites for hydroxylation is 1. The highest BCUT2D eigenvalue weighted by atomic mass is 16.6. The van der Waals surface area contributed by atoms with Crippen LogP contribution in [0.5, 0.6) is 0 Å². The molecular formula is C26H19N3O5. The summed E-state index contributed by atoms with van der Waals surface area (Å²) in [7, 11) is 0. The van der Waals surface area contributed by atoms with E-state index in [9.17, 15) is 25.0 Å². The quantitative estimate of drug-likeness (QED) is 0.233. The number of nitriles is 1. The summed E-state index contributed by atoms with van der Waals surface area (Å²) in [5.74, 6) is -0.477. The van der Waals surface area contributed by atoms with Crippen LogP contribution in [0.15, 0.2) is 81.8 Å². The number of hydrogen-bond donors (Lipinski definition) is 0. The van der Waals surface area contributed by atoms with E-state index in [0.29, 0.717) is 17.1 Å². The Bertz CT molecular complexity index is 1420. The first-order chi connectivity index (χ1) is 16.3. The number of furan rings is 1. The maximum absolute atomic E-state index is 13.3. The number of nitro groups is 1. The van der Waals surface area contributed by atoms with Gasteiger partial charge in [-0.3, -0.25) is 24.6 Å². The lowest BCUT2D eigenvalue weighted by molar-refractivity contribution is -0.384. The second-order valence-corrected chi connectivity index (χ2v) is 7.86. The molecule has 8 heteroatoms. The van der Waals surface area contributed by atoms with Gasteiger partial charge in [-0.2, -0.15) is 5.26 Å². The number of non-ortho nitro benzene ring substituents is 1. The Morgan fingerprint density at radius 2 is 1.79 bits per heavy atom. The molecule has 4 rings (SSSR count). The lowest BCUT2D eigenvalue weighted by atomic mass is 9.94. The zero-order chi connectivity index (χ0) is 24.4. The Hall–Kier alpha value is -4.77. The van der Waals surface area contributed by atoms with Gasteiger partial charge < -0.3 is 4.42 Å². The number of rotatable bonds is 5. The van der Waals surface area contributed by atoms with Crippen molar-refractivity contribution in [1.82, 2.24) is 4.90 Å². The van der Waals surface area contributed by atoms with Crippen molar-refractivity contribution in [3.8, 4) is 17.4 Å². The molecule has 168 valence electrons. The standard InChI is InChI=1S/C26H19N3O5/c1-16-6-8-18(9-7-16)15-28-25(30)22(17(2)23(14-27)26(28)31)13-21-10-11-24(34-21)19-4-3-5-20(12-19)29(32)33/h3-13H,15H2,1-2H3/b22-13+. The van der Waals surface area contributed by atoms with Crippen molar-refractivity contribution in [3.63, 3.8) is 0 Å². The zero-order valence-corrected chi connectivity index (χ0v) is 18.4. The van der Waals surface area contributed by atoms with Gasteiger partial charge in [-0.15, -0.1) is 0 Å². The number of carbonyl (C=O) groups excluding carboxylic acids is 2. The molecule has 1 aliphatic rings. The van der Waals surface area contributed by atoms with Crippen molar-refractivity contribution in [1.29, 1.82) is 5.26 Å². The molecule has 3 aromatic rings. The minimum absolute atomic E-state index is 0.0326. The molecule has 0 atom stereocenters. The number of benzene rings is 2.